The molecule has 0 aliphatic heterocycles. The molecule has 1 amide bonds. The van der Waals surface area contributed by atoms with Crippen LogP contribution in [-0.4, -0.2) is 10.7 Å². The number of alkyl carbamates (subject to hydrolysis) is 1. The van der Waals surface area contributed by atoms with Gasteiger partial charge in [-0.1, -0.05) is 86.1 Å². The second kappa shape index (κ2) is 13.1. The van der Waals surface area contributed by atoms with Crippen molar-refractivity contribution in [3.05, 3.63) is 129 Å². The maximum Gasteiger partial charge on any atom is 0.407 e. The van der Waals surface area contributed by atoms with Crippen LogP contribution in [0.5, 0.6) is 0 Å². The Labute approximate surface area is 223 Å². The first-order valence-corrected chi connectivity index (χ1v) is 12.8. The van der Waals surface area contributed by atoms with Gasteiger partial charge in [0.05, 0.1) is 24.7 Å². The third-order valence-electron chi connectivity index (χ3n) is 6.42. The van der Waals surface area contributed by atoms with Gasteiger partial charge >= 0.3 is 6.09 Å². The van der Waals surface area contributed by atoms with Crippen molar-refractivity contribution in [1.82, 2.24) is 9.88 Å². The Morgan fingerprint density at radius 3 is 2.39 bits per heavy atom. The van der Waals surface area contributed by atoms with Gasteiger partial charge in [-0.15, -0.1) is 0 Å². The number of rotatable bonds is 10. The normalized spacial score (nSPS) is 10.5. The van der Waals surface area contributed by atoms with Crippen LogP contribution in [0.25, 0.3) is 11.1 Å². The van der Waals surface area contributed by atoms with Crippen LogP contribution in [0, 0.1) is 11.3 Å². The van der Waals surface area contributed by atoms with Crippen LogP contribution >= 0.6 is 0 Å². The number of hydrogen-bond acceptors (Lipinski definition) is 4. The van der Waals surface area contributed by atoms with Crippen molar-refractivity contribution in [2.24, 2.45) is 0 Å². The number of aromatic nitrogens is 1. The summed E-state index contributed by atoms with van der Waals surface area (Å²) in [5.74, 6) is 0. The first-order chi connectivity index (χ1) is 18.6. The van der Waals surface area contributed by atoms with Gasteiger partial charge in [-0.05, 0) is 53.3 Å². The summed E-state index contributed by atoms with van der Waals surface area (Å²) >= 11 is 0. The number of pyridine rings is 1. The molecule has 0 atom stereocenters. The smallest absolute Gasteiger partial charge is 0.407 e. The molecule has 1 aromatic heterocycles. The van der Waals surface area contributed by atoms with Crippen LogP contribution < -0.4 is 10.9 Å². The van der Waals surface area contributed by atoms with E-state index >= 15 is 0 Å². The van der Waals surface area contributed by atoms with Crippen LogP contribution in [0.15, 0.2) is 95.8 Å². The highest BCUT2D eigenvalue weighted by Gasteiger charge is 2.12. The van der Waals surface area contributed by atoms with Gasteiger partial charge in [0.15, 0.2) is 0 Å². The number of ether oxygens (including phenoxy) is 1. The first kappa shape index (κ1) is 26.4. The molecule has 6 nitrogen and oxygen atoms in total. The van der Waals surface area contributed by atoms with Crippen molar-refractivity contribution in [3.63, 3.8) is 0 Å². The van der Waals surface area contributed by atoms with Gasteiger partial charge in [0.2, 0.25) is 0 Å². The number of carbonyl (C=O) groups is 1. The number of nitriles is 1. The molecule has 3 aromatic carbocycles. The lowest BCUT2D eigenvalue weighted by atomic mass is 9.99. The minimum absolute atomic E-state index is 0.0877. The van der Waals surface area contributed by atoms with Gasteiger partial charge < -0.3 is 14.6 Å². The second-order valence-electron chi connectivity index (χ2n) is 9.11. The Morgan fingerprint density at radius 2 is 1.66 bits per heavy atom. The molecule has 0 aliphatic rings. The van der Waals surface area contributed by atoms with Gasteiger partial charge in [0.25, 0.3) is 5.56 Å². The van der Waals surface area contributed by atoms with Crippen LogP contribution in [-0.2, 0) is 30.9 Å². The molecule has 1 heterocycles. The van der Waals surface area contributed by atoms with Gasteiger partial charge in [0.1, 0.15) is 6.61 Å². The molecule has 0 fully saturated rings. The Balaban J connectivity index is 1.49. The fraction of sp³-hybridized carbons (Fsp3) is 0.219. The lowest BCUT2D eigenvalue weighted by Gasteiger charge is -2.16. The van der Waals surface area contributed by atoms with Crippen molar-refractivity contribution >= 4 is 6.09 Å². The Bertz CT molecular complexity index is 1470. The zero-order valence-corrected chi connectivity index (χ0v) is 21.5. The number of hydrogen-bond donors (Lipinski definition) is 1. The minimum atomic E-state index is -0.567. The minimum Gasteiger partial charge on any atom is -0.445 e. The summed E-state index contributed by atoms with van der Waals surface area (Å²) in [6.45, 7) is 2.80. The predicted molar refractivity (Wildman–Crippen MR) is 148 cm³/mol. The zero-order chi connectivity index (χ0) is 26.7. The maximum atomic E-state index is 13.5. The SMILES string of the molecule is CCCCc1ccc(CNC(=O)OCc2ccccc2)c(=O)n1Cc1ccc(-c2ccccc2C#N)cc1. The van der Waals surface area contributed by atoms with E-state index in [1.54, 1.807) is 16.7 Å². The fourth-order valence-corrected chi connectivity index (χ4v) is 4.29. The van der Waals surface area contributed by atoms with Crippen molar-refractivity contribution in [3.8, 4) is 17.2 Å². The third kappa shape index (κ3) is 6.77. The lowest BCUT2D eigenvalue weighted by Crippen LogP contribution is -2.32. The quantitative estimate of drug-likeness (QED) is 0.278. The van der Waals surface area contributed by atoms with Gasteiger partial charge in [-0.3, -0.25) is 4.79 Å². The van der Waals surface area contributed by atoms with E-state index in [2.05, 4.69) is 18.3 Å². The van der Waals surface area contributed by atoms with Crippen LogP contribution in [0.3, 0.4) is 0 Å². The molecule has 4 rings (SSSR count). The number of benzene rings is 3. The molecular formula is C32H31N3O3. The van der Waals surface area contributed by atoms with E-state index in [9.17, 15) is 14.9 Å². The molecule has 0 spiro atoms. The van der Waals surface area contributed by atoms with Gasteiger partial charge in [-0.2, -0.15) is 5.26 Å². The zero-order valence-electron chi connectivity index (χ0n) is 21.5. The van der Waals surface area contributed by atoms with E-state index in [4.69, 9.17) is 4.74 Å². The average molecular weight is 506 g/mol. The maximum absolute atomic E-state index is 13.5. The van der Waals surface area contributed by atoms with Gasteiger partial charge in [-0.25, -0.2) is 4.79 Å². The van der Waals surface area contributed by atoms with Crippen molar-refractivity contribution in [2.45, 2.75) is 45.9 Å². The summed E-state index contributed by atoms with van der Waals surface area (Å²) in [4.78, 5) is 25.7. The molecule has 1 N–H and O–H groups in total. The lowest BCUT2D eigenvalue weighted by molar-refractivity contribution is 0.139. The van der Waals surface area contributed by atoms with Crippen LogP contribution in [0.4, 0.5) is 4.79 Å². The number of carbonyl (C=O) groups excluding carboxylic acids is 1. The number of nitrogens with one attached hydrogen (secondary N) is 1. The Hall–Kier alpha value is -4.63. The Morgan fingerprint density at radius 1 is 0.921 bits per heavy atom. The van der Waals surface area contributed by atoms with E-state index in [0.29, 0.717) is 17.7 Å². The molecule has 0 bridgehead atoms. The number of amides is 1. The molecule has 0 aliphatic carbocycles. The first-order valence-electron chi connectivity index (χ1n) is 12.8. The molecule has 192 valence electrons. The number of aryl methyl sites for hydroxylation is 1. The van der Waals surface area contributed by atoms with E-state index in [0.717, 1.165) is 47.2 Å². The topological polar surface area (TPSA) is 84.1 Å². The van der Waals surface area contributed by atoms with Crippen molar-refractivity contribution in [1.29, 1.82) is 5.26 Å². The molecular weight excluding hydrogens is 474 g/mol. The second-order valence-corrected chi connectivity index (χ2v) is 9.11. The van der Waals surface area contributed by atoms with Gasteiger partial charge in [0, 0.05) is 11.3 Å². The monoisotopic (exact) mass is 505 g/mol. The summed E-state index contributed by atoms with van der Waals surface area (Å²) < 4.78 is 7.07. The molecule has 0 saturated heterocycles. The molecule has 0 radical (unpaired) electrons. The highest BCUT2D eigenvalue weighted by atomic mass is 16.5. The van der Waals surface area contributed by atoms with Crippen molar-refractivity contribution < 1.29 is 9.53 Å². The van der Waals surface area contributed by atoms with Crippen molar-refractivity contribution in [2.75, 3.05) is 0 Å². The highest BCUT2D eigenvalue weighted by molar-refractivity contribution is 5.70. The summed E-state index contributed by atoms with van der Waals surface area (Å²) in [6.07, 6.45) is 2.24. The number of unbranched alkanes of at least 4 members (excludes halogenated alkanes) is 1. The third-order valence-corrected chi connectivity index (χ3v) is 6.42. The molecule has 38 heavy (non-hydrogen) atoms. The number of nitrogens with zero attached hydrogens (tertiary/aromatic N) is 2. The summed E-state index contributed by atoms with van der Waals surface area (Å²) in [6, 6.07) is 30.9. The molecule has 0 unspecified atom stereocenters. The summed E-state index contributed by atoms with van der Waals surface area (Å²) in [5, 5.41) is 12.1. The van der Waals surface area contributed by atoms with E-state index in [-0.39, 0.29) is 18.7 Å². The fourth-order valence-electron chi connectivity index (χ4n) is 4.29. The molecule has 6 heteroatoms. The summed E-state index contributed by atoms with van der Waals surface area (Å²) in [7, 11) is 0. The highest BCUT2D eigenvalue weighted by Crippen LogP contribution is 2.24. The standard InChI is InChI=1S/C32H31N3O3/c1-2-3-12-29-19-18-28(21-34-32(37)38-23-25-9-5-4-6-10-25)31(36)35(29)22-24-14-16-26(17-15-24)30-13-8-7-11-27(30)20-33/h4-11,13-19H,2-3,12,21-23H2,1H3,(H,34,37). The van der Waals surface area contributed by atoms with Crippen LogP contribution in [0.2, 0.25) is 0 Å². The predicted octanol–water partition coefficient (Wildman–Crippen LogP) is 6.20. The van der Waals surface area contributed by atoms with E-state index in [1.165, 1.54) is 0 Å². The van der Waals surface area contributed by atoms with E-state index < -0.39 is 6.09 Å². The molecule has 0 saturated carbocycles. The Kier molecular flexibility index (Phi) is 9.09. The average Bonchev–Trinajstić information content (AvgIpc) is 2.96. The van der Waals surface area contributed by atoms with Crippen LogP contribution in [0.1, 0.15) is 47.7 Å². The summed E-state index contributed by atoms with van der Waals surface area (Å²) in [5.41, 5.74) is 5.68. The largest absolute Gasteiger partial charge is 0.445 e. The van der Waals surface area contributed by atoms with E-state index in [1.807, 2.05) is 78.9 Å². The molecule has 4 aromatic rings.